The van der Waals surface area contributed by atoms with Crippen molar-refractivity contribution in [2.45, 2.75) is 84.8 Å². The Bertz CT molecular complexity index is 2370. The van der Waals surface area contributed by atoms with E-state index in [-0.39, 0.29) is 49.3 Å². The minimum atomic E-state index is -1.19. The van der Waals surface area contributed by atoms with Crippen LogP contribution in [0, 0.1) is 11.3 Å². The molecule has 6 amide bonds. The Morgan fingerprint density at radius 2 is 1.56 bits per heavy atom. The summed E-state index contributed by atoms with van der Waals surface area (Å²) in [4.78, 5) is 70.2. The average Bonchev–Trinajstić information content (AvgIpc) is 3.87. The van der Waals surface area contributed by atoms with Crippen LogP contribution in [0.15, 0.2) is 116 Å². The Morgan fingerprint density at radius 1 is 0.828 bits per heavy atom. The smallest absolute Gasteiger partial charge is 0.321 e. The van der Waals surface area contributed by atoms with E-state index in [1.54, 1.807) is 32.1 Å². The van der Waals surface area contributed by atoms with Gasteiger partial charge in [0.05, 0.1) is 23.4 Å². The van der Waals surface area contributed by atoms with E-state index in [0.717, 1.165) is 38.9 Å². The van der Waals surface area contributed by atoms with Gasteiger partial charge >= 0.3 is 12.1 Å². The van der Waals surface area contributed by atoms with Gasteiger partial charge in [-0.15, -0.1) is 0 Å². The molecular weight excluding hydrogens is 807 g/mol. The molecule has 0 bridgehead atoms. The summed E-state index contributed by atoms with van der Waals surface area (Å²) in [5.74, 6) is -0.936. The fraction of sp³-hybridized carbons (Fsp3) is 0.400. The van der Waals surface area contributed by atoms with E-state index >= 15 is 0 Å². The predicted octanol–water partition coefficient (Wildman–Crippen LogP) is 6.01. The highest BCUT2D eigenvalue weighted by Crippen LogP contribution is 2.28. The molecule has 0 saturated carbocycles. The molecule has 2 aliphatic heterocycles. The molecule has 0 aliphatic carbocycles. The van der Waals surface area contributed by atoms with Crippen molar-refractivity contribution in [2.75, 3.05) is 32.7 Å². The van der Waals surface area contributed by atoms with Gasteiger partial charge in [0.1, 0.15) is 12.1 Å². The maximum Gasteiger partial charge on any atom is 0.321 e. The number of aromatic nitrogens is 2. The molecule has 5 atom stereocenters. The van der Waals surface area contributed by atoms with E-state index < -0.39 is 29.6 Å². The number of pyridine rings is 2. The molecule has 336 valence electrons. The summed E-state index contributed by atoms with van der Waals surface area (Å²) in [6.07, 6.45) is 3.24. The van der Waals surface area contributed by atoms with E-state index in [9.17, 15) is 24.3 Å². The van der Waals surface area contributed by atoms with Crippen LogP contribution in [-0.4, -0.2) is 116 Å². The van der Waals surface area contributed by atoms with Crippen LogP contribution in [0.1, 0.15) is 57.7 Å². The van der Waals surface area contributed by atoms with Crippen LogP contribution in [0.4, 0.5) is 9.59 Å². The van der Waals surface area contributed by atoms with Crippen LogP contribution in [-0.2, 0) is 29.1 Å². The number of hydrogen-bond acceptors (Lipinski definition) is 8. The van der Waals surface area contributed by atoms with Gasteiger partial charge in [-0.2, -0.15) is 0 Å². The number of carbonyl (C=O) groups excluding carboxylic acids is 4. The summed E-state index contributed by atoms with van der Waals surface area (Å²) in [6.45, 7) is 11.9. The van der Waals surface area contributed by atoms with Gasteiger partial charge in [-0.1, -0.05) is 120 Å². The number of nitrogens with zero attached hydrogens (tertiary/aromatic N) is 6. The number of hydrazine groups is 1. The lowest BCUT2D eigenvalue weighted by molar-refractivity contribution is -0.135. The first kappa shape index (κ1) is 45.6. The van der Waals surface area contributed by atoms with Crippen LogP contribution in [0.2, 0.25) is 0 Å². The standard InChI is InChI=1S/C50H61N9O5/c1-6-34(2)44(58-29-28-56(49(58)64)32-38-23-25-52-41-18-11-10-16-39(38)41)46(61)54-42(30-35-14-8-7-9-15-35)43(60)33-57(31-36-19-21-37(22-20-36)40-17-12-13-24-51-40)55-47(62)45(50(3,4)5)59-27-26-53-48(59)63/h7-25,34,42-45,60H,6,26-33H2,1-5H3,(H,53,63)(H,54,61)(H,55,62). The summed E-state index contributed by atoms with van der Waals surface area (Å²) in [6, 6.07) is 30.0. The number of nitrogens with one attached hydrogen (secondary N) is 3. The number of hydrogen-bond donors (Lipinski definition) is 4. The van der Waals surface area contributed by atoms with Gasteiger partial charge in [0.15, 0.2) is 0 Å². The second kappa shape index (κ2) is 20.4. The summed E-state index contributed by atoms with van der Waals surface area (Å²) >= 11 is 0. The SMILES string of the molecule is CCC(C)C(C(=O)NC(Cc1ccccc1)C(O)CN(Cc1ccc(-c2ccccn2)cc1)NC(=O)C(N1CCNC1=O)C(C)(C)C)N1CCN(Cc2ccnc3ccccc23)C1=O. The maximum absolute atomic E-state index is 14.7. The summed E-state index contributed by atoms with van der Waals surface area (Å²) in [5, 5.41) is 21.0. The van der Waals surface area contributed by atoms with E-state index in [2.05, 4.69) is 26.0 Å². The van der Waals surface area contributed by atoms with E-state index in [1.807, 2.05) is 138 Å². The Morgan fingerprint density at radius 3 is 2.25 bits per heavy atom. The Labute approximate surface area is 376 Å². The highest BCUT2D eigenvalue weighted by Gasteiger charge is 2.43. The molecule has 5 aromatic rings. The molecule has 14 nitrogen and oxygen atoms in total. The number of rotatable bonds is 18. The molecule has 2 aromatic heterocycles. The average molecular weight is 868 g/mol. The fourth-order valence-corrected chi connectivity index (χ4v) is 8.84. The summed E-state index contributed by atoms with van der Waals surface area (Å²) in [7, 11) is 0. The molecule has 2 aliphatic rings. The van der Waals surface area contributed by atoms with Crippen LogP contribution in [0.25, 0.3) is 22.2 Å². The van der Waals surface area contributed by atoms with E-state index in [0.29, 0.717) is 39.1 Å². The summed E-state index contributed by atoms with van der Waals surface area (Å²) in [5.41, 5.74) is 7.81. The van der Waals surface area contributed by atoms with Crippen molar-refractivity contribution in [1.82, 2.24) is 45.7 Å². The molecule has 3 aromatic carbocycles. The molecule has 0 radical (unpaired) electrons. The lowest BCUT2D eigenvalue weighted by Gasteiger charge is -2.38. The van der Waals surface area contributed by atoms with Crippen LogP contribution in [0.5, 0.6) is 0 Å². The summed E-state index contributed by atoms with van der Waals surface area (Å²) < 4.78 is 0. The first-order valence-corrected chi connectivity index (χ1v) is 22.3. The molecule has 64 heavy (non-hydrogen) atoms. The lowest BCUT2D eigenvalue weighted by Crippen LogP contribution is -2.60. The third-order valence-electron chi connectivity index (χ3n) is 12.3. The quantitative estimate of drug-likeness (QED) is 0.0779. The first-order valence-electron chi connectivity index (χ1n) is 22.3. The maximum atomic E-state index is 14.7. The zero-order valence-corrected chi connectivity index (χ0v) is 37.5. The molecule has 2 saturated heterocycles. The third kappa shape index (κ3) is 10.9. The van der Waals surface area contributed by atoms with Crippen LogP contribution >= 0.6 is 0 Å². The zero-order valence-electron chi connectivity index (χ0n) is 37.5. The Hall–Kier alpha value is -6.38. The number of urea groups is 2. The normalized spacial score (nSPS) is 16.7. The molecular formula is C50H61N9O5. The van der Waals surface area contributed by atoms with Crippen molar-refractivity contribution in [2.24, 2.45) is 11.3 Å². The third-order valence-corrected chi connectivity index (χ3v) is 12.3. The number of para-hydroxylation sites is 1. The Balaban J connectivity index is 1.14. The number of aliphatic hydroxyl groups is 1. The van der Waals surface area contributed by atoms with Crippen LogP contribution < -0.4 is 16.1 Å². The van der Waals surface area contributed by atoms with Gasteiger partial charge in [0.2, 0.25) is 5.91 Å². The topological polar surface area (TPSA) is 163 Å². The highest BCUT2D eigenvalue weighted by atomic mass is 16.3. The molecule has 7 rings (SSSR count). The number of amides is 6. The molecule has 2 fully saturated rings. The molecule has 4 heterocycles. The van der Waals surface area contributed by atoms with Gasteiger partial charge < -0.3 is 30.4 Å². The molecule has 5 unspecified atom stereocenters. The Kier molecular flexibility index (Phi) is 14.6. The number of fused-ring (bicyclic) bond motifs is 1. The molecule has 14 heteroatoms. The van der Waals surface area contributed by atoms with Crippen molar-refractivity contribution in [3.05, 3.63) is 132 Å². The second-order valence-electron chi connectivity index (χ2n) is 18.0. The van der Waals surface area contributed by atoms with E-state index in [1.165, 1.54) is 0 Å². The van der Waals surface area contributed by atoms with Gasteiger partial charge in [-0.25, -0.2) is 14.6 Å². The highest BCUT2D eigenvalue weighted by molar-refractivity contribution is 5.90. The van der Waals surface area contributed by atoms with Crippen molar-refractivity contribution >= 4 is 34.8 Å². The monoisotopic (exact) mass is 867 g/mol. The van der Waals surface area contributed by atoms with Crippen molar-refractivity contribution in [1.29, 1.82) is 0 Å². The van der Waals surface area contributed by atoms with Gasteiger partial charge in [0.25, 0.3) is 5.91 Å². The zero-order chi connectivity index (χ0) is 45.4. The minimum absolute atomic E-state index is 0.0706. The lowest BCUT2D eigenvalue weighted by atomic mass is 9.85. The second-order valence-corrected chi connectivity index (χ2v) is 18.0. The fourth-order valence-electron chi connectivity index (χ4n) is 8.84. The predicted molar refractivity (Wildman–Crippen MR) is 247 cm³/mol. The number of benzene rings is 3. The van der Waals surface area contributed by atoms with Gasteiger partial charge in [0, 0.05) is 69.2 Å². The van der Waals surface area contributed by atoms with Crippen molar-refractivity contribution in [3.63, 3.8) is 0 Å². The largest absolute Gasteiger partial charge is 0.390 e. The van der Waals surface area contributed by atoms with Crippen LogP contribution in [0.3, 0.4) is 0 Å². The molecule has 0 spiro atoms. The van der Waals surface area contributed by atoms with Crippen molar-refractivity contribution in [3.8, 4) is 11.3 Å². The number of carbonyl (C=O) groups is 4. The molecule has 4 N–H and O–H groups in total. The van der Waals surface area contributed by atoms with Crippen molar-refractivity contribution < 1.29 is 24.3 Å². The number of aliphatic hydroxyl groups excluding tert-OH is 1. The van der Waals surface area contributed by atoms with Gasteiger partial charge in [-0.3, -0.25) is 25.0 Å². The van der Waals surface area contributed by atoms with E-state index in [4.69, 9.17) is 0 Å². The first-order chi connectivity index (χ1) is 30.8. The van der Waals surface area contributed by atoms with Gasteiger partial charge in [-0.05, 0) is 58.7 Å². The minimum Gasteiger partial charge on any atom is -0.390 e.